The van der Waals surface area contributed by atoms with E-state index >= 15 is 0 Å². The van der Waals surface area contributed by atoms with Crippen molar-refractivity contribution in [3.63, 3.8) is 0 Å². The van der Waals surface area contributed by atoms with Gasteiger partial charge in [-0.3, -0.25) is 14.5 Å². The van der Waals surface area contributed by atoms with Gasteiger partial charge in [0.15, 0.2) is 0 Å². The molecule has 2 rings (SSSR count). The summed E-state index contributed by atoms with van der Waals surface area (Å²) < 4.78 is 0. The highest BCUT2D eigenvalue weighted by molar-refractivity contribution is 5.92. The number of carbonyl (C=O) groups excluding carboxylic acids is 2. The molecular weight excluding hydrogens is 278 g/mol. The molecule has 0 atom stereocenters. The molecule has 5 nitrogen and oxygen atoms in total. The van der Waals surface area contributed by atoms with Crippen molar-refractivity contribution in [3.05, 3.63) is 29.3 Å². The molecule has 0 radical (unpaired) electrons. The zero-order chi connectivity index (χ0) is 15.9. The van der Waals surface area contributed by atoms with Gasteiger partial charge in [-0.1, -0.05) is 25.1 Å². The van der Waals surface area contributed by atoms with Gasteiger partial charge in [0.05, 0.1) is 0 Å². The van der Waals surface area contributed by atoms with Gasteiger partial charge in [0, 0.05) is 44.8 Å². The fourth-order valence-electron chi connectivity index (χ4n) is 2.76. The molecule has 5 heteroatoms. The highest BCUT2D eigenvalue weighted by Crippen LogP contribution is 2.21. The minimum Gasteiger partial charge on any atom is -0.343 e. The van der Waals surface area contributed by atoms with E-state index in [0.29, 0.717) is 6.42 Å². The standard InChI is InChI=1S/C17H25N3O2/c1-3-15-6-4-5-14(2)17(15)18-16(22)7-8-19-9-11-20(13-21)12-10-19/h4-6,13H,3,7-12H2,1-2H3,(H,18,22). The maximum Gasteiger partial charge on any atom is 0.225 e. The summed E-state index contributed by atoms with van der Waals surface area (Å²) in [6.45, 7) is 8.05. The molecule has 1 saturated heterocycles. The Morgan fingerprint density at radius 3 is 2.64 bits per heavy atom. The van der Waals surface area contributed by atoms with Gasteiger partial charge in [-0.15, -0.1) is 0 Å². The van der Waals surface area contributed by atoms with Crippen molar-refractivity contribution in [2.24, 2.45) is 0 Å². The van der Waals surface area contributed by atoms with Crippen LogP contribution in [0, 0.1) is 6.92 Å². The highest BCUT2D eigenvalue weighted by Gasteiger charge is 2.16. The van der Waals surface area contributed by atoms with Gasteiger partial charge in [0.1, 0.15) is 0 Å². The monoisotopic (exact) mass is 303 g/mol. The molecule has 0 bridgehead atoms. The van der Waals surface area contributed by atoms with Crippen LogP contribution in [0.3, 0.4) is 0 Å². The average Bonchev–Trinajstić information content (AvgIpc) is 2.55. The third kappa shape index (κ3) is 4.31. The van der Waals surface area contributed by atoms with E-state index in [2.05, 4.69) is 23.2 Å². The molecule has 120 valence electrons. The van der Waals surface area contributed by atoms with Gasteiger partial charge in [-0.05, 0) is 24.5 Å². The molecule has 1 aliphatic rings. The van der Waals surface area contributed by atoms with Crippen LogP contribution in [0.5, 0.6) is 0 Å². The minimum atomic E-state index is 0.0572. The summed E-state index contributed by atoms with van der Waals surface area (Å²) in [7, 11) is 0. The second-order valence-corrected chi connectivity index (χ2v) is 5.74. The second-order valence-electron chi connectivity index (χ2n) is 5.74. The molecule has 0 saturated carbocycles. The quantitative estimate of drug-likeness (QED) is 0.813. The van der Waals surface area contributed by atoms with E-state index in [4.69, 9.17) is 0 Å². The van der Waals surface area contributed by atoms with Crippen LogP contribution in [0.15, 0.2) is 18.2 Å². The number of hydrogen-bond donors (Lipinski definition) is 1. The first-order valence-electron chi connectivity index (χ1n) is 7.94. The number of amides is 2. The fraction of sp³-hybridized carbons (Fsp3) is 0.529. The van der Waals surface area contributed by atoms with E-state index in [9.17, 15) is 9.59 Å². The van der Waals surface area contributed by atoms with Crippen molar-refractivity contribution in [1.82, 2.24) is 9.80 Å². The van der Waals surface area contributed by atoms with E-state index in [1.54, 1.807) is 4.90 Å². The Labute approximate surface area is 132 Å². The predicted octanol–water partition coefficient (Wildman–Crippen LogP) is 1.66. The zero-order valence-electron chi connectivity index (χ0n) is 13.5. The van der Waals surface area contributed by atoms with Crippen LogP contribution >= 0.6 is 0 Å². The molecule has 1 heterocycles. The lowest BCUT2D eigenvalue weighted by molar-refractivity contribution is -0.120. The van der Waals surface area contributed by atoms with Crippen molar-refractivity contribution in [2.75, 3.05) is 38.0 Å². The lowest BCUT2D eigenvalue weighted by atomic mass is 10.1. The smallest absolute Gasteiger partial charge is 0.225 e. The Morgan fingerprint density at radius 1 is 1.27 bits per heavy atom. The molecule has 0 aromatic heterocycles. The van der Waals surface area contributed by atoms with Crippen LogP contribution < -0.4 is 5.32 Å². The topological polar surface area (TPSA) is 52.7 Å². The van der Waals surface area contributed by atoms with Crippen molar-refractivity contribution in [1.29, 1.82) is 0 Å². The molecule has 0 spiro atoms. The van der Waals surface area contributed by atoms with Crippen LogP contribution in [0.1, 0.15) is 24.5 Å². The third-order valence-electron chi connectivity index (χ3n) is 4.22. The first-order chi connectivity index (χ1) is 10.6. The number of rotatable bonds is 6. The summed E-state index contributed by atoms with van der Waals surface area (Å²) in [4.78, 5) is 26.9. The summed E-state index contributed by atoms with van der Waals surface area (Å²) in [5.74, 6) is 0.0572. The van der Waals surface area contributed by atoms with Crippen molar-refractivity contribution in [2.45, 2.75) is 26.7 Å². The molecule has 0 aliphatic carbocycles. The molecule has 0 unspecified atom stereocenters. The maximum atomic E-state index is 12.2. The molecular formula is C17H25N3O2. The molecule has 1 aliphatic heterocycles. The Balaban J connectivity index is 1.83. The van der Waals surface area contributed by atoms with E-state index in [0.717, 1.165) is 56.8 Å². The van der Waals surface area contributed by atoms with E-state index in [1.165, 1.54) is 5.56 Å². The lowest BCUT2D eigenvalue weighted by Gasteiger charge is -2.32. The van der Waals surface area contributed by atoms with Crippen LogP contribution in [0.4, 0.5) is 5.69 Å². The number of anilines is 1. The summed E-state index contributed by atoms with van der Waals surface area (Å²) >= 11 is 0. The largest absolute Gasteiger partial charge is 0.343 e. The van der Waals surface area contributed by atoms with Crippen molar-refractivity contribution in [3.8, 4) is 0 Å². The lowest BCUT2D eigenvalue weighted by Crippen LogP contribution is -2.46. The number of nitrogens with zero attached hydrogens (tertiary/aromatic N) is 2. The zero-order valence-corrected chi connectivity index (χ0v) is 13.5. The van der Waals surface area contributed by atoms with Gasteiger partial charge in [0.25, 0.3) is 0 Å². The van der Waals surface area contributed by atoms with E-state index in [1.807, 2.05) is 19.1 Å². The van der Waals surface area contributed by atoms with E-state index in [-0.39, 0.29) is 5.91 Å². The normalized spacial score (nSPS) is 15.6. The van der Waals surface area contributed by atoms with Gasteiger partial charge in [0.2, 0.25) is 12.3 Å². The highest BCUT2D eigenvalue weighted by atomic mass is 16.1. The summed E-state index contributed by atoms with van der Waals surface area (Å²) in [6, 6.07) is 6.10. The maximum absolute atomic E-state index is 12.2. The molecule has 1 aromatic carbocycles. The Morgan fingerprint density at radius 2 is 2.00 bits per heavy atom. The molecule has 2 amide bonds. The van der Waals surface area contributed by atoms with Crippen LogP contribution in [-0.4, -0.2) is 54.8 Å². The van der Waals surface area contributed by atoms with Gasteiger partial charge >= 0.3 is 0 Å². The molecule has 1 fully saturated rings. The minimum absolute atomic E-state index is 0.0572. The number of carbonyl (C=O) groups is 2. The van der Waals surface area contributed by atoms with Gasteiger partial charge in [-0.2, -0.15) is 0 Å². The number of benzene rings is 1. The molecule has 1 aromatic rings. The number of aryl methyl sites for hydroxylation is 2. The van der Waals surface area contributed by atoms with Crippen molar-refractivity contribution >= 4 is 18.0 Å². The number of hydrogen-bond acceptors (Lipinski definition) is 3. The van der Waals surface area contributed by atoms with Crippen LogP contribution in [0.25, 0.3) is 0 Å². The number of nitrogens with one attached hydrogen (secondary N) is 1. The Hall–Kier alpha value is -1.88. The third-order valence-corrected chi connectivity index (χ3v) is 4.22. The summed E-state index contributed by atoms with van der Waals surface area (Å²) in [5.41, 5.74) is 3.24. The molecule has 1 N–H and O–H groups in total. The number of piperazine rings is 1. The predicted molar refractivity (Wildman–Crippen MR) is 87.9 cm³/mol. The number of para-hydroxylation sites is 1. The van der Waals surface area contributed by atoms with Crippen LogP contribution in [0.2, 0.25) is 0 Å². The van der Waals surface area contributed by atoms with Crippen LogP contribution in [-0.2, 0) is 16.0 Å². The Kier molecular flexibility index (Phi) is 5.95. The molecule has 22 heavy (non-hydrogen) atoms. The van der Waals surface area contributed by atoms with Gasteiger partial charge < -0.3 is 10.2 Å². The fourth-order valence-corrected chi connectivity index (χ4v) is 2.76. The first-order valence-corrected chi connectivity index (χ1v) is 7.94. The van der Waals surface area contributed by atoms with Crippen molar-refractivity contribution < 1.29 is 9.59 Å². The average molecular weight is 303 g/mol. The van der Waals surface area contributed by atoms with E-state index < -0.39 is 0 Å². The summed E-state index contributed by atoms with van der Waals surface area (Å²) in [6.07, 6.45) is 2.29. The second kappa shape index (κ2) is 7.94. The van der Waals surface area contributed by atoms with Gasteiger partial charge in [-0.25, -0.2) is 0 Å². The first kappa shape index (κ1) is 16.5. The Bertz CT molecular complexity index is 523. The SMILES string of the molecule is CCc1cccc(C)c1NC(=O)CCN1CCN(C=O)CC1. The summed E-state index contributed by atoms with van der Waals surface area (Å²) in [5, 5.41) is 3.06.